The van der Waals surface area contributed by atoms with E-state index in [0.717, 1.165) is 0 Å². The molecule has 0 unspecified atom stereocenters. The molecule has 2 atom stereocenters. The Morgan fingerprint density at radius 1 is 1.39 bits per heavy atom. The van der Waals surface area contributed by atoms with E-state index in [4.69, 9.17) is 4.74 Å². The lowest BCUT2D eigenvalue weighted by Gasteiger charge is -2.53. The molecule has 3 rings (SSSR count). The lowest BCUT2D eigenvalue weighted by molar-refractivity contribution is -0.205. The van der Waals surface area contributed by atoms with Gasteiger partial charge in [-0.3, -0.25) is 14.6 Å². The number of hydrogen-bond acceptors (Lipinski definition) is 6. The van der Waals surface area contributed by atoms with Crippen molar-refractivity contribution in [2.45, 2.75) is 50.4 Å². The molecule has 2 amide bonds. The fraction of sp³-hybridized carbons (Fsp3) is 0.650. The van der Waals surface area contributed by atoms with Gasteiger partial charge < -0.3 is 20.1 Å². The quantitative estimate of drug-likeness (QED) is 0.784. The summed E-state index contributed by atoms with van der Waals surface area (Å²) in [6, 6.07) is 3.56. The summed E-state index contributed by atoms with van der Waals surface area (Å²) in [4.78, 5) is 31.0. The summed E-state index contributed by atoms with van der Waals surface area (Å²) in [7, 11) is 0. The van der Waals surface area contributed by atoms with E-state index in [1.165, 1.54) is 11.8 Å². The van der Waals surface area contributed by atoms with Crippen LogP contribution in [0, 0.1) is 6.92 Å². The SMILES string of the molecule is CSCC(=O)N[C@]1(C)CCOC2(CCN(C(=O)c3cccnc3C)CC2)[C@H]1O. The zero-order valence-corrected chi connectivity index (χ0v) is 17.6. The predicted octanol–water partition coefficient (Wildman–Crippen LogP) is 1.38. The first-order valence-corrected chi connectivity index (χ1v) is 11.0. The van der Waals surface area contributed by atoms with Gasteiger partial charge in [-0.05, 0) is 51.5 Å². The number of thioether (sulfide) groups is 1. The van der Waals surface area contributed by atoms with Gasteiger partial charge in [-0.2, -0.15) is 11.8 Å². The van der Waals surface area contributed by atoms with Crippen LogP contribution >= 0.6 is 11.8 Å². The molecule has 0 saturated carbocycles. The first-order chi connectivity index (χ1) is 13.3. The molecule has 7 nitrogen and oxygen atoms in total. The molecule has 2 N–H and O–H groups in total. The highest BCUT2D eigenvalue weighted by molar-refractivity contribution is 7.99. The van der Waals surface area contributed by atoms with Gasteiger partial charge in [0.2, 0.25) is 5.91 Å². The molecule has 2 aliphatic rings. The van der Waals surface area contributed by atoms with Crippen LogP contribution < -0.4 is 5.32 Å². The Balaban J connectivity index is 1.69. The Bertz CT molecular complexity index is 736. The Kier molecular flexibility index (Phi) is 6.31. The van der Waals surface area contributed by atoms with Crippen LogP contribution in [-0.2, 0) is 9.53 Å². The largest absolute Gasteiger partial charge is 0.388 e. The van der Waals surface area contributed by atoms with Gasteiger partial charge in [-0.25, -0.2) is 0 Å². The maximum absolute atomic E-state index is 12.8. The average molecular weight is 408 g/mol. The zero-order valence-electron chi connectivity index (χ0n) is 16.7. The monoisotopic (exact) mass is 407 g/mol. The third-order valence-corrected chi connectivity index (χ3v) is 6.50. The molecule has 8 heteroatoms. The van der Waals surface area contributed by atoms with Crippen LogP contribution in [0.15, 0.2) is 18.3 Å². The Morgan fingerprint density at radius 2 is 2.11 bits per heavy atom. The number of rotatable bonds is 4. The molecule has 2 saturated heterocycles. The van der Waals surface area contributed by atoms with Crippen LogP contribution in [0.25, 0.3) is 0 Å². The standard InChI is InChI=1S/C20H29N3O4S/c1-14-15(5-4-9-21-14)17(25)23-10-6-20(7-11-23)18(26)19(2,8-12-27-20)22-16(24)13-28-3/h4-5,9,18,26H,6-8,10-13H2,1-3H3,(H,22,24)/t18-,19+/m0/s1. The van der Waals surface area contributed by atoms with Crippen molar-refractivity contribution in [3.63, 3.8) is 0 Å². The van der Waals surface area contributed by atoms with E-state index in [-0.39, 0.29) is 11.8 Å². The third-order valence-electron chi connectivity index (χ3n) is 5.95. The van der Waals surface area contributed by atoms with Crippen LogP contribution in [0.2, 0.25) is 0 Å². The number of carbonyl (C=O) groups excluding carboxylic acids is 2. The van der Waals surface area contributed by atoms with Crippen LogP contribution in [0.4, 0.5) is 0 Å². The first-order valence-electron chi connectivity index (χ1n) is 9.64. The summed E-state index contributed by atoms with van der Waals surface area (Å²) < 4.78 is 6.06. The second-order valence-electron chi connectivity index (χ2n) is 7.89. The third kappa shape index (κ3) is 4.04. The summed E-state index contributed by atoms with van der Waals surface area (Å²) >= 11 is 1.45. The van der Waals surface area contributed by atoms with Crippen molar-refractivity contribution in [1.82, 2.24) is 15.2 Å². The molecular formula is C20H29N3O4S. The van der Waals surface area contributed by atoms with Gasteiger partial charge in [0, 0.05) is 31.6 Å². The van der Waals surface area contributed by atoms with E-state index in [9.17, 15) is 14.7 Å². The summed E-state index contributed by atoms with van der Waals surface area (Å²) in [6.45, 7) is 5.19. The minimum absolute atomic E-state index is 0.0400. The molecule has 2 aliphatic heterocycles. The highest BCUT2D eigenvalue weighted by Crippen LogP contribution is 2.40. The highest BCUT2D eigenvalue weighted by Gasteiger charge is 2.54. The van der Waals surface area contributed by atoms with E-state index in [2.05, 4.69) is 10.3 Å². The first kappa shape index (κ1) is 21.1. The van der Waals surface area contributed by atoms with Crippen molar-refractivity contribution >= 4 is 23.6 Å². The van der Waals surface area contributed by atoms with E-state index >= 15 is 0 Å². The van der Waals surface area contributed by atoms with Gasteiger partial charge in [0.15, 0.2) is 0 Å². The van der Waals surface area contributed by atoms with Crippen molar-refractivity contribution in [2.24, 2.45) is 0 Å². The number of nitrogens with zero attached hydrogens (tertiary/aromatic N) is 2. The number of piperidine rings is 1. The maximum atomic E-state index is 12.8. The normalized spacial score (nSPS) is 26.9. The minimum Gasteiger partial charge on any atom is -0.388 e. The predicted molar refractivity (Wildman–Crippen MR) is 108 cm³/mol. The van der Waals surface area contributed by atoms with E-state index < -0.39 is 17.2 Å². The van der Waals surface area contributed by atoms with Crippen molar-refractivity contribution < 1.29 is 19.4 Å². The smallest absolute Gasteiger partial charge is 0.255 e. The molecule has 0 bridgehead atoms. The number of aliphatic hydroxyl groups is 1. The Morgan fingerprint density at radius 3 is 2.75 bits per heavy atom. The number of nitrogens with one attached hydrogen (secondary N) is 1. The number of aliphatic hydroxyl groups excluding tert-OH is 1. The average Bonchev–Trinajstić information content (AvgIpc) is 2.67. The van der Waals surface area contributed by atoms with Crippen molar-refractivity contribution in [1.29, 1.82) is 0 Å². The van der Waals surface area contributed by atoms with Crippen molar-refractivity contribution in [3.8, 4) is 0 Å². The van der Waals surface area contributed by atoms with E-state index in [1.54, 1.807) is 23.2 Å². The summed E-state index contributed by atoms with van der Waals surface area (Å²) in [5.74, 6) is 0.246. The number of likely N-dealkylation sites (tertiary alicyclic amines) is 1. The lowest BCUT2D eigenvalue weighted by Crippen LogP contribution is -2.69. The number of aryl methyl sites for hydroxylation is 1. The number of ether oxygens (including phenoxy) is 1. The van der Waals surface area contributed by atoms with Crippen molar-refractivity contribution in [3.05, 3.63) is 29.6 Å². The maximum Gasteiger partial charge on any atom is 0.255 e. The van der Waals surface area contributed by atoms with E-state index in [0.29, 0.717) is 56.0 Å². The fourth-order valence-corrected chi connectivity index (χ4v) is 4.60. The van der Waals surface area contributed by atoms with E-state index in [1.807, 2.05) is 20.1 Å². The molecule has 1 aromatic heterocycles. The highest BCUT2D eigenvalue weighted by atomic mass is 32.2. The van der Waals surface area contributed by atoms with Gasteiger partial charge >= 0.3 is 0 Å². The van der Waals surface area contributed by atoms with Gasteiger partial charge in [-0.1, -0.05) is 0 Å². The Labute approximate surface area is 170 Å². The molecule has 0 aliphatic carbocycles. The van der Waals surface area contributed by atoms with Crippen molar-refractivity contribution in [2.75, 3.05) is 31.7 Å². The van der Waals surface area contributed by atoms with Crippen LogP contribution in [-0.4, -0.2) is 75.8 Å². The molecule has 0 radical (unpaired) electrons. The summed E-state index contributed by atoms with van der Waals surface area (Å²) in [5, 5.41) is 14.2. The molecule has 1 spiro atoms. The molecule has 2 fully saturated rings. The topological polar surface area (TPSA) is 91.8 Å². The van der Waals surface area contributed by atoms with Crippen LogP contribution in [0.1, 0.15) is 42.2 Å². The number of amides is 2. The summed E-state index contributed by atoms with van der Waals surface area (Å²) in [6.07, 6.45) is 4.36. The van der Waals surface area contributed by atoms with Gasteiger partial charge in [0.25, 0.3) is 5.91 Å². The number of pyridine rings is 1. The second kappa shape index (κ2) is 8.39. The number of hydrogen-bond donors (Lipinski definition) is 2. The minimum atomic E-state index is -0.822. The molecule has 1 aromatic rings. The van der Waals surface area contributed by atoms with Gasteiger partial charge in [0.1, 0.15) is 6.10 Å². The number of aromatic nitrogens is 1. The van der Waals surface area contributed by atoms with Gasteiger partial charge in [0.05, 0.1) is 22.5 Å². The second-order valence-corrected chi connectivity index (χ2v) is 8.76. The molecule has 154 valence electrons. The van der Waals surface area contributed by atoms with Crippen LogP contribution in [0.5, 0.6) is 0 Å². The molecule has 3 heterocycles. The van der Waals surface area contributed by atoms with Crippen LogP contribution in [0.3, 0.4) is 0 Å². The lowest BCUT2D eigenvalue weighted by atomic mass is 9.73. The molecule has 0 aromatic carbocycles. The number of carbonyl (C=O) groups is 2. The Hall–Kier alpha value is -1.64. The zero-order chi connectivity index (χ0) is 20.4. The fourth-order valence-electron chi connectivity index (χ4n) is 4.27. The molecular weight excluding hydrogens is 378 g/mol. The summed E-state index contributed by atoms with van der Waals surface area (Å²) in [5.41, 5.74) is -0.138. The van der Waals surface area contributed by atoms with Gasteiger partial charge in [-0.15, -0.1) is 0 Å². The molecule has 28 heavy (non-hydrogen) atoms.